The van der Waals surface area contributed by atoms with E-state index in [1.54, 1.807) is 0 Å². The third-order valence-electron chi connectivity index (χ3n) is 8.93. The van der Waals surface area contributed by atoms with Crippen LogP contribution in [0.4, 0.5) is 0 Å². The second-order valence-corrected chi connectivity index (χ2v) is 12.3. The van der Waals surface area contributed by atoms with E-state index < -0.39 is 36.0 Å². The van der Waals surface area contributed by atoms with Gasteiger partial charge in [-0.15, -0.1) is 0 Å². The van der Waals surface area contributed by atoms with Crippen LogP contribution in [-0.4, -0.2) is 62.4 Å². The SMILES string of the molecule is CCCCCCCCCCCCCCCCCCC[N+](C(CCC)C(=O)O)(C(CCC)C(=O)O)C(CCC)C(=O)O. The summed E-state index contributed by atoms with van der Waals surface area (Å²) in [4.78, 5) is 37.7. The molecular weight excluding hydrogens is 518 g/mol. The molecule has 3 atom stereocenters. The first-order valence-corrected chi connectivity index (χ1v) is 17.3. The molecule has 0 aromatic carbocycles. The molecule has 0 aliphatic heterocycles. The third kappa shape index (κ3) is 15.4. The summed E-state index contributed by atoms with van der Waals surface area (Å²) in [5.41, 5.74) is 0. The molecule has 3 N–H and O–H groups in total. The van der Waals surface area contributed by atoms with Crippen molar-refractivity contribution in [3.8, 4) is 0 Å². The standard InChI is InChI=1S/C34H65NO6/c1-5-9-10-11-12-13-14-15-16-17-18-19-20-21-22-23-24-28-35(29(25-6-2)32(36)37,30(26-7-3)33(38)39)31(27-8-4)34(40)41/h29-31H,5-28H2,1-4H3,(H2-,36,37,38,39,40,41)/p+1. The fraction of sp³-hybridized carbons (Fsp3) is 0.912. The predicted octanol–water partition coefficient (Wildman–Crippen LogP) is 9.21. The van der Waals surface area contributed by atoms with E-state index in [1.165, 1.54) is 83.5 Å². The monoisotopic (exact) mass is 584 g/mol. The van der Waals surface area contributed by atoms with Crippen LogP contribution >= 0.6 is 0 Å². The first-order valence-electron chi connectivity index (χ1n) is 17.3. The second-order valence-electron chi connectivity index (χ2n) is 12.3. The molecule has 41 heavy (non-hydrogen) atoms. The summed E-state index contributed by atoms with van der Waals surface area (Å²) in [6.07, 6.45) is 23.5. The van der Waals surface area contributed by atoms with Crippen LogP contribution < -0.4 is 0 Å². The minimum absolute atomic E-state index is 0.273. The zero-order chi connectivity index (χ0) is 30.9. The number of unbranched alkanes of at least 4 members (excludes halogenated alkanes) is 16. The van der Waals surface area contributed by atoms with E-state index in [2.05, 4.69) is 6.92 Å². The number of quaternary nitrogens is 1. The highest BCUT2D eigenvalue weighted by Crippen LogP contribution is 2.34. The molecule has 0 rings (SSSR count). The van der Waals surface area contributed by atoms with Gasteiger partial charge in [0.25, 0.3) is 0 Å². The van der Waals surface area contributed by atoms with Gasteiger partial charge in [-0.1, -0.05) is 124 Å². The van der Waals surface area contributed by atoms with E-state index in [0.717, 1.165) is 19.3 Å². The Balaban J connectivity index is 4.94. The Morgan fingerprint density at radius 1 is 0.415 bits per heavy atom. The molecule has 0 aromatic rings. The molecule has 242 valence electrons. The van der Waals surface area contributed by atoms with Gasteiger partial charge in [0.05, 0.1) is 6.54 Å². The average molecular weight is 585 g/mol. The molecule has 7 heteroatoms. The maximum Gasteiger partial charge on any atom is 0.362 e. The third-order valence-corrected chi connectivity index (χ3v) is 8.93. The molecule has 0 bridgehead atoms. The number of rotatable bonds is 30. The topological polar surface area (TPSA) is 112 Å². The molecule has 7 nitrogen and oxygen atoms in total. The normalized spacial score (nSPS) is 15.2. The molecule has 3 unspecified atom stereocenters. The number of hydrogen-bond acceptors (Lipinski definition) is 3. The molecule has 0 radical (unpaired) electrons. The maximum absolute atomic E-state index is 12.6. The van der Waals surface area contributed by atoms with Crippen molar-refractivity contribution < 1.29 is 34.2 Å². The average Bonchev–Trinajstić information content (AvgIpc) is 2.93. The minimum Gasteiger partial charge on any atom is -0.477 e. The van der Waals surface area contributed by atoms with Crippen LogP contribution in [0.5, 0.6) is 0 Å². The zero-order valence-corrected chi connectivity index (χ0v) is 27.2. The molecule has 0 aromatic heterocycles. The van der Waals surface area contributed by atoms with Crippen LogP contribution in [0.15, 0.2) is 0 Å². The van der Waals surface area contributed by atoms with Gasteiger partial charge in [0.2, 0.25) is 0 Å². The van der Waals surface area contributed by atoms with E-state index in [9.17, 15) is 29.7 Å². The molecule has 0 saturated heterocycles. The van der Waals surface area contributed by atoms with E-state index >= 15 is 0 Å². The first kappa shape index (κ1) is 39.4. The van der Waals surface area contributed by atoms with Gasteiger partial charge in [-0.05, 0) is 32.1 Å². The first-order chi connectivity index (χ1) is 19.7. The summed E-state index contributed by atoms with van der Waals surface area (Å²) >= 11 is 0. The largest absolute Gasteiger partial charge is 0.477 e. The summed E-state index contributed by atoms with van der Waals surface area (Å²) in [6.45, 7) is 8.18. The molecule has 0 amide bonds. The fourth-order valence-electron chi connectivity index (χ4n) is 6.76. The highest BCUT2D eigenvalue weighted by atomic mass is 16.4. The lowest BCUT2D eigenvalue weighted by molar-refractivity contribution is -0.973. The Morgan fingerprint density at radius 3 is 0.878 bits per heavy atom. The van der Waals surface area contributed by atoms with Crippen molar-refractivity contribution in [1.82, 2.24) is 0 Å². The van der Waals surface area contributed by atoms with Gasteiger partial charge in [-0.2, -0.15) is 0 Å². The van der Waals surface area contributed by atoms with Crippen LogP contribution in [0.25, 0.3) is 0 Å². The molecular formula is C34H66NO6+. The van der Waals surface area contributed by atoms with E-state index in [4.69, 9.17) is 0 Å². The molecule has 0 fully saturated rings. The minimum atomic E-state index is -1.08. The summed E-state index contributed by atoms with van der Waals surface area (Å²) in [7, 11) is 0. The Labute approximate surface area is 252 Å². The smallest absolute Gasteiger partial charge is 0.362 e. The number of carbonyl (C=O) groups is 3. The Kier molecular flexibility index (Phi) is 23.9. The quantitative estimate of drug-likeness (QED) is 0.0573. The Bertz CT molecular complexity index is 622. The van der Waals surface area contributed by atoms with Gasteiger partial charge in [0.15, 0.2) is 18.1 Å². The van der Waals surface area contributed by atoms with Crippen LogP contribution in [-0.2, 0) is 14.4 Å². The molecule has 0 saturated carbocycles. The van der Waals surface area contributed by atoms with Crippen molar-refractivity contribution in [3.63, 3.8) is 0 Å². The van der Waals surface area contributed by atoms with E-state index in [-0.39, 0.29) is 30.3 Å². The number of aliphatic carboxylic acids is 3. The van der Waals surface area contributed by atoms with Gasteiger partial charge in [0, 0.05) is 19.3 Å². The summed E-state index contributed by atoms with van der Waals surface area (Å²) in [5, 5.41) is 30.8. The lowest BCUT2D eigenvalue weighted by atomic mass is 9.91. The highest BCUT2D eigenvalue weighted by molar-refractivity contribution is 5.78. The Morgan fingerprint density at radius 2 is 0.659 bits per heavy atom. The van der Waals surface area contributed by atoms with Crippen molar-refractivity contribution in [2.24, 2.45) is 0 Å². The zero-order valence-electron chi connectivity index (χ0n) is 27.2. The highest BCUT2D eigenvalue weighted by Gasteiger charge is 2.56. The van der Waals surface area contributed by atoms with Crippen LogP contribution in [0.2, 0.25) is 0 Å². The maximum atomic E-state index is 12.6. The lowest BCUT2D eigenvalue weighted by Gasteiger charge is -2.50. The molecule has 0 spiro atoms. The van der Waals surface area contributed by atoms with E-state index in [0.29, 0.717) is 25.7 Å². The number of carboxylic acid groups (broad SMARTS) is 3. The van der Waals surface area contributed by atoms with E-state index in [1.807, 2.05) is 20.8 Å². The lowest BCUT2D eigenvalue weighted by Crippen LogP contribution is -2.72. The van der Waals surface area contributed by atoms with Crippen LogP contribution in [0.3, 0.4) is 0 Å². The summed E-state index contributed by atoms with van der Waals surface area (Å²) < 4.78 is -0.367. The fourth-order valence-corrected chi connectivity index (χ4v) is 6.76. The van der Waals surface area contributed by atoms with Gasteiger partial charge >= 0.3 is 17.9 Å². The van der Waals surface area contributed by atoms with Gasteiger partial charge < -0.3 is 15.3 Å². The number of nitrogens with zero attached hydrogens (tertiary/aromatic N) is 1. The molecule has 0 aliphatic carbocycles. The Hall–Kier alpha value is -1.63. The second kappa shape index (κ2) is 24.9. The van der Waals surface area contributed by atoms with Gasteiger partial charge in [0.1, 0.15) is 0 Å². The predicted molar refractivity (Wildman–Crippen MR) is 168 cm³/mol. The van der Waals surface area contributed by atoms with Gasteiger partial charge in [-0.3, -0.25) is 4.48 Å². The van der Waals surface area contributed by atoms with Crippen molar-refractivity contribution in [3.05, 3.63) is 0 Å². The molecule has 0 heterocycles. The van der Waals surface area contributed by atoms with Crippen molar-refractivity contribution >= 4 is 17.9 Å². The van der Waals surface area contributed by atoms with Crippen molar-refractivity contribution in [1.29, 1.82) is 0 Å². The summed E-state index contributed by atoms with van der Waals surface area (Å²) in [6, 6.07) is -3.12. The number of hydrogen-bond donors (Lipinski definition) is 3. The molecule has 0 aliphatic rings. The number of carboxylic acids is 3. The van der Waals surface area contributed by atoms with Crippen LogP contribution in [0.1, 0.15) is 175 Å². The summed E-state index contributed by atoms with van der Waals surface area (Å²) in [5.74, 6) is -3.24. The van der Waals surface area contributed by atoms with Crippen molar-refractivity contribution in [2.45, 2.75) is 193 Å². The van der Waals surface area contributed by atoms with Gasteiger partial charge in [-0.25, -0.2) is 14.4 Å². The van der Waals surface area contributed by atoms with Crippen molar-refractivity contribution in [2.75, 3.05) is 6.54 Å². The van der Waals surface area contributed by atoms with Crippen LogP contribution in [0, 0.1) is 0 Å².